The van der Waals surface area contributed by atoms with Crippen molar-refractivity contribution in [2.75, 3.05) is 0 Å². The molecule has 0 spiro atoms. The quantitative estimate of drug-likeness (QED) is 0.637. The third-order valence-corrected chi connectivity index (χ3v) is 1.79. The van der Waals surface area contributed by atoms with Crippen LogP contribution in [-0.2, 0) is 6.42 Å². The number of hydrogen-bond acceptors (Lipinski definition) is 2. The van der Waals surface area contributed by atoms with E-state index in [-0.39, 0.29) is 0 Å². The van der Waals surface area contributed by atoms with Crippen molar-refractivity contribution < 1.29 is 4.79 Å². The molecule has 1 rings (SSSR count). The van der Waals surface area contributed by atoms with Gasteiger partial charge >= 0.3 is 0 Å². The lowest BCUT2D eigenvalue weighted by Crippen LogP contribution is -1.90. The molecule has 0 saturated carbocycles. The van der Waals surface area contributed by atoms with Crippen LogP contribution in [0.2, 0.25) is 0 Å². The van der Waals surface area contributed by atoms with E-state index in [0.29, 0.717) is 5.69 Å². The molecule has 2 heteroatoms. The monoisotopic (exact) mass is 163 g/mol. The number of aromatic nitrogens is 1. The van der Waals surface area contributed by atoms with Gasteiger partial charge in [0.05, 0.1) is 0 Å². The fourth-order valence-corrected chi connectivity index (χ4v) is 1.10. The Bertz CT molecular complexity index is 258. The van der Waals surface area contributed by atoms with E-state index in [4.69, 9.17) is 0 Å². The van der Waals surface area contributed by atoms with Crippen LogP contribution in [0.3, 0.4) is 0 Å². The Morgan fingerprint density at radius 2 is 2.42 bits per heavy atom. The van der Waals surface area contributed by atoms with Crippen molar-refractivity contribution in [3.63, 3.8) is 0 Å². The zero-order valence-corrected chi connectivity index (χ0v) is 7.29. The van der Waals surface area contributed by atoms with Crippen LogP contribution in [0.1, 0.15) is 35.8 Å². The number of hydrogen-bond donors (Lipinski definition) is 0. The molecule has 0 saturated heterocycles. The molecule has 0 aliphatic heterocycles. The minimum absolute atomic E-state index is 0.531. The van der Waals surface area contributed by atoms with Gasteiger partial charge in [-0.3, -0.25) is 9.78 Å². The van der Waals surface area contributed by atoms with Crippen LogP contribution < -0.4 is 0 Å². The van der Waals surface area contributed by atoms with Crippen LogP contribution in [-0.4, -0.2) is 11.3 Å². The van der Waals surface area contributed by atoms with Crippen LogP contribution in [0.4, 0.5) is 0 Å². The Morgan fingerprint density at radius 1 is 1.58 bits per heavy atom. The number of pyridine rings is 1. The number of carbonyl (C=O) groups excluding carboxylic acids is 1. The molecule has 0 unspecified atom stereocenters. The summed E-state index contributed by atoms with van der Waals surface area (Å²) in [4.78, 5) is 14.3. The van der Waals surface area contributed by atoms with Gasteiger partial charge < -0.3 is 0 Å². The van der Waals surface area contributed by atoms with Gasteiger partial charge in [0.25, 0.3) is 0 Å². The largest absolute Gasteiger partial charge is 0.296 e. The highest BCUT2D eigenvalue weighted by Gasteiger charge is 1.94. The van der Waals surface area contributed by atoms with Gasteiger partial charge in [-0.05, 0) is 30.5 Å². The molecular weight excluding hydrogens is 150 g/mol. The molecule has 0 atom stereocenters. The number of nitrogens with zero attached hydrogens (tertiary/aromatic N) is 1. The van der Waals surface area contributed by atoms with Crippen LogP contribution >= 0.6 is 0 Å². The van der Waals surface area contributed by atoms with Gasteiger partial charge in [-0.2, -0.15) is 0 Å². The van der Waals surface area contributed by atoms with E-state index >= 15 is 0 Å². The first kappa shape index (κ1) is 8.91. The summed E-state index contributed by atoms with van der Waals surface area (Å²) in [6, 6.07) is 3.81. The summed E-state index contributed by atoms with van der Waals surface area (Å²) in [5.74, 6) is 0. The summed E-state index contributed by atoms with van der Waals surface area (Å²) in [7, 11) is 0. The zero-order chi connectivity index (χ0) is 8.81. The first-order valence-corrected chi connectivity index (χ1v) is 4.27. The summed E-state index contributed by atoms with van der Waals surface area (Å²) in [6.45, 7) is 2.15. The molecule has 0 aliphatic rings. The second-order valence-electron chi connectivity index (χ2n) is 2.81. The molecule has 1 aromatic heterocycles. The lowest BCUT2D eigenvalue weighted by atomic mass is 10.1. The van der Waals surface area contributed by atoms with Gasteiger partial charge in [0.2, 0.25) is 0 Å². The number of unbranched alkanes of at least 4 members (excludes halogenated alkanes) is 1. The molecule has 0 amide bonds. The second kappa shape index (κ2) is 4.65. The standard InChI is InChI=1S/C10H13NO/c1-2-3-4-9-5-6-11-10(7-9)8-12/h5-8H,2-4H2,1H3. The molecule has 0 radical (unpaired) electrons. The van der Waals surface area contributed by atoms with Gasteiger partial charge in [-0.15, -0.1) is 0 Å². The van der Waals surface area contributed by atoms with Crippen LogP contribution in [0.25, 0.3) is 0 Å². The molecule has 0 fully saturated rings. The maximum atomic E-state index is 10.4. The maximum Gasteiger partial charge on any atom is 0.168 e. The first-order chi connectivity index (χ1) is 5.86. The number of carbonyl (C=O) groups is 1. The fourth-order valence-electron chi connectivity index (χ4n) is 1.10. The van der Waals surface area contributed by atoms with Crippen LogP contribution in [0.15, 0.2) is 18.3 Å². The maximum absolute atomic E-state index is 10.4. The van der Waals surface area contributed by atoms with Crippen molar-refractivity contribution in [1.82, 2.24) is 4.98 Å². The summed E-state index contributed by atoms with van der Waals surface area (Å²) in [6.07, 6.45) is 5.87. The molecule has 2 nitrogen and oxygen atoms in total. The van der Waals surface area contributed by atoms with Crippen molar-refractivity contribution in [3.05, 3.63) is 29.6 Å². The van der Waals surface area contributed by atoms with Crippen molar-refractivity contribution in [2.24, 2.45) is 0 Å². The smallest absolute Gasteiger partial charge is 0.168 e. The molecule has 0 aromatic carbocycles. The van der Waals surface area contributed by atoms with Gasteiger partial charge in [-0.25, -0.2) is 0 Å². The van der Waals surface area contributed by atoms with E-state index in [1.165, 1.54) is 18.4 Å². The summed E-state index contributed by atoms with van der Waals surface area (Å²) >= 11 is 0. The molecule has 0 bridgehead atoms. The Labute approximate surface area is 72.6 Å². The zero-order valence-electron chi connectivity index (χ0n) is 7.29. The normalized spacial score (nSPS) is 9.75. The molecule has 1 heterocycles. The van der Waals surface area contributed by atoms with E-state index in [2.05, 4.69) is 11.9 Å². The molecule has 0 aliphatic carbocycles. The predicted octanol–water partition coefficient (Wildman–Crippen LogP) is 2.24. The van der Waals surface area contributed by atoms with Gasteiger partial charge in [0.1, 0.15) is 5.69 Å². The topological polar surface area (TPSA) is 30.0 Å². The van der Waals surface area contributed by atoms with Gasteiger partial charge in [0, 0.05) is 6.20 Å². The molecule has 12 heavy (non-hydrogen) atoms. The van der Waals surface area contributed by atoms with Crippen LogP contribution in [0.5, 0.6) is 0 Å². The van der Waals surface area contributed by atoms with Crippen molar-refractivity contribution in [2.45, 2.75) is 26.2 Å². The fraction of sp³-hybridized carbons (Fsp3) is 0.400. The van der Waals surface area contributed by atoms with Gasteiger partial charge in [-0.1, -0.05) is 13.3 Å². The van der Waals surface area contributed by atoms with Gasteiger partial charge in [0.15, 0.2) is 6.29 Å². The lowest BCUT2D eigenvalue weighted by Gasteiger charge is -1.98. The minimum Gasteiger partial charge on any atom is -0.296 e. The minimum atomic E-state index is 0.531. The number of rotatable bonds is 4. The molecule has 64 valence electrons. The van der Waals surface area contributed by atoms with Crippen molar-refractivity contribution >= 4 is 6.29 Å². The Morgan fingerprint density at radius 3 is 3.08 bits per heavy atom. The number of aryl methyl sites for hydroxylation is 1. The Kier molecular flexibility index (Phi) is 3.45. The van der Waals surface area contributed by atoms with Crippen LogP contribution in [0, 0.1) is 0 Å². The highest BCUT2D eigenvalue weighted by Crippen LogP contribution is 2.04. The molecule has 0 N–H and O–H groups in total. The summed E-state index contributed by atoms with van der Waals surface area (Å²) in [5, 5.41) is 0. The van der Waals surface area contributed by atoms with Crippen molar-refractivity contribution in [3.8, 4) is 0 Å². The molecule has 1 aromatic rings. The average molecular weight is 163 g/mol. The summed E-state index contributed by atoms with van der Waals surface area (Å²) < 4.78 is 0. The lowest BCUT2D eigenvalue weighted by molar-refractivity contribution is 0.111. The van der Waals surface area contributed by atoms with E-state index in [0.717, 1.165) is 12.7 Å². The molecular formula is C10H13NO. The highest BCUT2D eigenvalue weighted by atomic mass is 16.1. The van der Waals surface area contributed by atoms with E-state index < -0.39 is 0 Å². The van der Waals surface area contributed by atoms with Crippen molar-refractivity contribution in [1.29, 1.82) is 0 Å². The summed E-state index contributed by atoms with van der Waals surface area (Å²) in [5.41, 5.74) is 1.73. The third-order valence-electron chi connectivity index (χ3n) is 1.79. The Hall–Kier alpha value is -1.18. The first-order valence-electron chi connectivity index (χ1n) is 4.27. The number of aldehydes is 1. The van der Waals surface area contributed by atoms with E-state index in [1.54, 1.807) is 6.20 Å². The van der Waals surface area contributed by atoms with E-state index in [1.807, 2.05) is 12.1 Å². The van der Waals surface area contributed by atoms with E-state index in [9.17, 15) is 4.79 Å². The highest BCUT2D eigenvalue weighted by molar-refractivity contribution is 5.71. The Balaban J connectivity index is 2.66. The third kappa shape index (κ3) is 2.46. The average Bonchev–Trinajstić information content (AvgIpc) is 2.15. The second-order valence-corrected chi connectivity index (χ2v) is 2.81. The predicted molar refractivity (Wildman–Crippen MR) is 48.2 cm³/mol. The SMILES string of the molecule is CCCCc1ccnc(C=O)c1.